The molecule has 1 aliphatic rings. The van der Waals surface area contributed by atoms with Crippen molar-refractivity contribution in [1.29, 1.82) is 0 Å². The van der Waals surface area contributed by atoms with Crippen LogP contribution in [0.5, 0.6) is 5.75 Å². The number of rotatable bonds is 6. The second kappa shape index (κ2) is 9.08. The Balaban J connectivity index is 1.43. The van der Waals surface area contributed by atoms with Crippen molar-refractivity contribution < 1.29 is 13.9 Å². The van der Waals surface area contributed by atoms with Crippen LogP contribution in [-0.2, 0) is 11.3 Å². The summed E-state index contributed by atoms with van der Waals surface area (Å²) in [6, 6.07) is 12.3. The normalized spacial score (nSPS) is 16.6. The number of carbonyl (C=O) groups excluding carboxylic acids is 1. The minimum atomic E-state index is -0.263. The molecule has 1 aliphatic heterocycles. The average molecular weight is 446 g/mol. The number of ether oxygens (including phenoxy) is 1. The van der Waals surface area contributed by atoms with Gasteiger partial charge in [-0.1, -0.05) is 23.2 Å². The number of methoxy groups -OCH3 is 1. The van der Waals surface area contributed by atoms with E-state index in [-0.39, 0.29) is 11.9 Å². The van der Waals surface area contributed by atoms with E-state index in [0.29, 0.717) is 28.2 Å². The van der Waals surface area contributed by atoms with Gasteiger partial charge < -0.3 is 14.5 Å². The zero-order chi connectivity index (χ0) is 21.1. The molecular weight excluding hydrogens is 425 g/mol. The van der Waals surface area contributed by atoms with Gasteiger partial charge in [0.15, 0.2) is 0 Å². The molecule has 30 heavy (non-hydrogen) atoms. The lowest BCUT2D eigenvalue weighted by Gasteiger charge is -2.22. The van der Waals surface area contributed by atoms with Gasteiger partial charge in [-0.3, -0.25) is 9.69 Å². The number of likely N-dealkylation sites (tertiary alicyclic amines) is 1. The molecule has 1 amide bonds. The standard InChI is InChI=1S/C22H21Cl2N3O3/c1-29-17-7-4-14(5-8-17)22-25-16(13-30-22)12-27-10-2-3-20(27)21(28)26-19-11-15(23)6-9-18(19)24/h4-9,11,13,20H,2-3,10,12H2,1H3,(H,26,28)/t20-/m1/s1. The molecule has 0 aliphatic carbocycles. The van der Waals surface area contributed by atoms with Gasteiger partial charge >= 0.3 is 0 Å². The van der Waals surface area contributed by atoms with E-state index in [2.05, 4.69) is 15.2 Å². The van der Waals surface area contributed by atoms with Crippen LogP contribution in [0.15, 0.2) is 53.1 Å². The van der Waals surface area contributed by atoms with Crippen LogP contribution in [0.4, 0.5) is 5.69 Å². The highest BCUT2D eigenvalue weighted by atomic mass is 35.5. The summed E-state index contributed by atoms with van der Waals surface area (Å²) in [4.78, 5) is 19.5. The van der Waals surface area contributed by atoms with E-state index in [9.17, 15) is 4.79 Å². The molecule has 4 rings (SSSR count). The first-order valence-electron chi connectivity index (χ1n) is 9.62. The molecule has 0 unspecified atom stereocenters. The molecule has 2 aromatic carbocycles. The summed E-state index contributed by atoms with van der Waals surface area (Å²) in [5.74, 6) is 1.21. The van der Waals surface area contributed by atoms with Gasteiger partial charge in [0.1, 0.15) is 12.0 Å². The van der Waals surface area contributed by atoms with E-state index >= 15 is 0 Å². The summed E-state index contributed by atoms with van der Waals surface area (Å²) < 4.78 is 10.8. The molecule has 1 aromatic heterocycles. The number of amides is 1. The Hall–Kier alpha value is -2.54. The molecule has 0 saturated carbocycles. The van der Waals surface area contributed by atoms with Crippen LogP contribution in [0.3, 0.4) is 0 Å². The Labute approximate surface area is 184 Å². The molecule has 1 atom stereocenters. The predicted octanol–water partition coefficient (Wildman–Crippen LogP) is 5.26. The van der Waals surface area contributed by atoms with E-state index in [1.165, 1.54) is 0 Å². The molecule has 0 radical (unpaired) electrons. The van der Waals surface area contributed by atoms with Crippen molar-refractivity contribution in [3.05, 3.63) is 64.5 Å². The maximum atomic E-state index is 12.9. The average Bonchev–Trinajstić information content (AvgIpc) is 3.41. The number of anilines is 1. The molecule has 6 nitrogen and oxygen atoms in total. The molecule has 2 heterocycles. The number of hydrogen-bond donors (Lipinski definition) is 1. The van der Waals surface area contributed by atoms with Gasteiger partial charge in [0.2, 0.25) is 11.8 Å². The molecule has 156 valence electrons. The minimum absolute atomic E-state index is 0.101. The SMILES string of the molecule is COc1ccc(-c2nc(CN3CCC[C@@H]3C(=O)Nc3cc(Cl)ccc3Cl)co2)cc1. The largest absolute Gasteiger partial charge is 0.497 e. The van der Waals surface area contributed by atoms with Crippen LogP contribution < -0.4 is 10.1 Å². The number of oxazole rings is 1. The summed E-state index contributed by atoms with van der Waals surface area (Å²) in [5.41, 5.74) is 2.17. The second-order valence-corrected chi connectivity index (χ2v) is 7.96. The first-order chi connectivity index (χ1) is 14.5. The summed E-state index contributed by atoms with van der Waals surface area (Å²) >= 11 is 12.2. The zero-order valence-corrected chi connectivity index (χ0v) is 17.9. The summed E-state index contributed by atoms with van der Waals surface area (Å²) in [5, 5.41) is 3.87. The van der Waals surface area contributed by atoms with Crippen molar-refractivity contribution in [1.82, 2.24) is 9.88 Å². The number of carbonyl (C=O) groups is 1. The highest BCUT2D eigenvalue weighted by molar-refractivity contribution is 6.35. The van der Waals surface area contributed by atoms with Crippen molar-refractivity contribution in [3.8, 4) is 17.2 Å². The fraction of sp³-hybridized carbons (Fsp3) is 0.273. The Kier molecular flexibility index (Phi) is 6.27. The van der Waals surface area contributed by atoms with Crippen molar-refractivity contribution in [2.75, 3.05) is 19.0 Å². The van der Waals surface area contributed by atoms with Gasteiger partial charge in [-0.05, 0) is 61.9 Å². The van der Waals surface area contributed by atoms with Gasteiger partial charge in [0, 0.05) is 17.1 Å². The number of hydrogen-bond acceptors (Lipinski definition) is 5. The quantitative estimate of drug-likeness (QED) is 0.560. The Bertz CT molecular complexity index is 1040. The van der Waals surface area contributed by atoms with Crippen LogP contribution in [0.2, 0.25) is 10.0 Å². The molecular formula is C22H21Cl2N3O3. The molecule has 0 bridgehead atoms. The number of nitrogens with zero attached hydrogens (tertiary/aromatic N) is 2. The number of nitrogens with one attached hydrogen (secondary N) is 1. The van der Waals surface area contributed by atoms with Crippen LogP contribution >= 0.6 is 23.2 Å². The summed E-state index contributed by atoms with van der Waals surface area (Å²) in [6.07, 6.45) is 3.35. The topological polar surface area (TPSA) is 67.6 Å². The first kappa shape index (κ1) is 20.7. The van der Waals surface area contributed by atoms with Crippen molar-refractivity contribution in [2.45, 2.75) is 25.4 Å². The lowest BCUT2D eigenvalue weighted by atomic mass is 10.2. The zero-order valence-electron chi connectivity index (χ0n) is 16.4. The van der Waals surface area contributed by atoms with Gasteiger partial charge in [0.25, 0.3) is 0 Å². The molecule has 1 fully saturated rings. The van der Waals surface area contributed by atoms with E-state index < -0.39 is 0 Å². The highest BCUT2D eigenvalue weighted by Gasteiger charge is 2.31. The van der Waals surface area contributed by atoms with E-state index in [1.54, 1.807) is 31.6 Å². The van der Waals surface area contributed by atoms with Crippen molar-refractivity contribution >= 4 is 34.8 Å². The van der Waals surface area contributed by atoms with Gasteiger partial charge in [-0.2, -0.15) is 0 Å². The van der Waals surface area contributed by atoms with Crippen molar-refractivity contribution in [3.63, 3.8) is 0 Å². The lowest BCUT2D eigenvalue weighted by molar-refractivity contribution is -0.120. The maximum absolute atomic E-state index is 12.9. The Morgan fingerprint density at radius 2 is 2.07 bits per heavy atom. The molecule has 8 heteroatoms. The first-order valence-corrected chi connectivity index (χ1v) is 10.4. The van der Waals surface area contributed by atoms with E-state index in [1.807, 2.05) is 24.3 Å². The number of halogens is 2. The third kappa shape index (κ3) is 4.61. The second-order valence-electron chi connectivity index (χ2n) is 7.11. The van der Waals surface area contributed by atoms with E-state index in [0.717, 1.165) is 36.4 Å². The minimum Gasteiger partial charge on any atom is -0.497 e. The van der Waals surface area contributed by atoms with Gasteiger partial charge in [-0.25, -0.2) is 4.98 Å². The van der Waals surface area contributed by atoms with E-state index in [4.69, 9.17) is 32.4 Å². The fourth-order valence-corrected chi connectivity index (χ4v) is 3.91. The highest BCUT2D eigenvalue weighted by Crippen LogP contribution is 2.28. The maximum Gasteiger partial charge on any atom is 0.241 e. The Morgan fingerprint density at radius 3 is 2.83 bits per heavy atom. The summed E-state index contributed by atoms with van der Waals surface area (Å²) in [6.45, 7) is 1.34. The van der Waals surface area contributed by atoms with Gasteiger partial charge in [-0.15, -0.1) is 0 Å². The smallest absolute Gasteiger partial charge is 0.241 e. The fourth-order valence-electron chi connectivity index (χ4n) is 3.58. The van der Waals surface area contributed by atoms with Crippen LogP contribution in [0, 0.1) is 0 Å². The van der Waals surface area contributed by atoms with Crippen LogP contribution in [0.1, 0.15) is 18.5 Å². The molecule has 1 N–H and O–H groups in total. The lowest BCUT2D eigenvalue weighted by Crippen LogP contribution is -2.39. The van der Waals surface area contributed by atoms with Crippen LogP contribution in [0.25, 0.3) is 11.5 Å². The molecule has 1 saturated heterocycles. The molecule has 0 spiro atoms. The van der Waals surface area contributed by atoms with Gasteiger partial charge in [0.05, 0.1) is 29.6 Å². The third-order valence-electron chi connectivity index (χ3n) is 5.11. The monoisotopic (exact) mass is 445 g/mol. The predicted molar refractivity (Wildman–Crippen MR) is 117 cm³/mol. The number of aromatic nitrogens is 1. The third-order valence-corrected chi connectivity index (χ3v) is 5.67. The summed E-state index contributed by atoms with van der Waals surface area (Å²) in [7, 11) is 1.63. The molecule has 3 aromatic rings. The van der Waals surface area contributed by atoms with Crippen LogP contribution in [-0.4, -0.2) is 35.5 Å². The number of benzene rings is 2. The Morgan fingerprint density at radius 1 is 1.27 bits per heavy atom. The van der Waals surface area contributed by atoms with Crippen molar-refractivity contribution in [2.24, 2.45) is 0 Å².